The molecule has 0 saturated carbocycles. The van der Waals surface area contributed by atoms with Gasteiger partial charge in [0, 0.05) is 7.05 Å². The summed E-state index contributed by atoms with van der Waals surface area (Å²) in [5, 5.41) is 1.61. The minimum atomic E-state index is -2.11. The maximum atomic E-state index is 14.8. The van der Waals surface area contributed by atoms with Gasteiger partial charge in [-0.25, -0.2) is 9.28 Å². The van der Waals surface area contributed by atoms with Gasteiger partial charge in [-0.05, 0) is 36.3 Å². The van der Waals surface area contributed by atoms with Gasteiger partial charge in [-0.15, -0.1) is 0 Å². The van der Waals surface area contributed by atoms with E-state index in [1.54, 1.807) is 12.1 Å². The molecular formula is C18H39ClFNO4Si2. The maximum Gasteiger partial charge on any atom is 0.238 e. The van der Waals surface area contributed by atoms with Gasteiger partial charge in [-0.2, -0.15) is 5.06 Å². The molecule has 5 nitrogen and oxygen atoms in total. The van der Waals surface area contributed by atoms with Crippen molar-refractivity contribution in [3.8, 4) is 0 Å². The third kappa shape index (κ3) is 6.21. The van der Waals surface area contributed by atoms with E-state index in [4.69, 9.17) is 30.3 Å². The van der Waals surface area contributed by atoms with Crippen molar-refractivity contribution in [3.05, 3.63) is 0 Å². The smallest absolute Gasteiger partial charge is 0.238 e. The molecule has 1 aliphatic heterocycles. The molecule has 1 heterocycles. The Hall–Kier alpha value is 0.454. The number of rotatable bonds is 7. The first-order valence-corrected chi connectivity index (χ1v) is 15.8. The summed E-state index contributed by atoms with van der Waals surface area (Å²) in [4.78, 5) is 5.52. The molecule has 0 spiro atoms. The number of hydroxylamine groups is 2. The van der Waals surface area contributed by atoms with Crippen molar-refractivity contribution in [2.75, 3.05) is 13.7 Å². The standard InChI is InChI=1S/C18H39ClFNO4Si2/c1-17(2,3)26(8,9)24-21(7)15-13(23-16(19)14(15)20)12-22-25-27(10,11)18(4,5)6/h13-16H,12H2,1-11H3/t13-,14+,15-,16+/m1/s1. The van der Waals surface area contributed by atoms with Gasteiger partial charge in [-0.1, -0.05) is 53.1 Å². The summed E-state index contributed by atoms with van der Waals surface area (Å²) in [6, 6.07) is -0.648. The Balaban J connectivity index is 2.79. The van der Waals surface area contributed by atoms with Crippen molar-refractivity contribution in [2.24, 2.45) is 0 Å². The maximum absolute atomic E-state index is 14.8. The van der Waals surface area contributed by atoms with Crippen molar-refractivity contribution in [3.63, 3.8) is 0 Å². The van der Waals surface area contributed by atoms with E-state index >= 15 is 0 Å². The van der Waals surface area contributed by atoms with Crippen LogP contribution in [0.2, 0.25) is 36.3 Å². The van der Waals surface area contributed by atoms with E-state index in [2.05, 4.69) is 67.7 Å². The van der Waals surface area contributed by atoms with Gasteiger partial charge < -0.3 is 9.26 Å². The molecule has 1 aliphatic rings. The zero-order valence-corrected chi connectivity index (χ0v) is 21.6. The lowest BCUT2D eigenvalue weighted by molar-refractivity contribution is -0.246. The van der Waals surface area contributed by atoms with Crippen LogP contribution < -0.4 is 0 Å². The summed E-state index contributed by atoms with van der Waals surface area (Å²) in [5.74, 6) is 0. The Morgan fingerprint density at radius 1 is 1.00 bits per heavy atom. The second-order valence-corrected chi connectivity index (χ2v) is 20.3. The number of hydrogen-bond acceptors (Lipinski definition) is 5. The summed E-state index contributed by atoms with van der Waals surface area (Å²) in [5.41, 5.74) is -1.03. The number of likely N-dealkylation sites (N-methyl/N-ethyl adjacent to an activating group) is 1. The molecule has 0 unspecified atom stereocenters. The molecule has 0 aliphatic carbocycles. The first-order valence-electron chi connectivity index (χ1n) is 9.57. The molecule has 4 atom stereocenters. The first kappa shape index (κ1) is 25.5. The third-order valence-corrected chi connectivity index (χ3v) is 15.0. The van der Waals surface area contributed by atoms with E-state index in [1.807, 2.05) is 0 Å². The molecule has 0 N–H and O–H groups in total. The SMILES string of the molecule is CN(O[Si](C)(C)C(C)(C)C)[C@H]1[C@H](F)[C@@H](Cl)O[C@@H]1COO[Si](C)(C)C(C)(C)C. The van der Waals surface area contributed by atoms with Crippen molar-refractivity contribution in [1.82, 2.24) is 5.06 Å². The van der Waals surface area contributed by atoms with Gasteiger partial charge in [0.15, 0.2) is 11.7 Å². The van der Waals surface area contributed by atoms with Crippen LogP contribution in [0, 0.1) is 0 Å². The van der Waals surface area contributed by atoms with E-state index < -0.39 is 40.5 Å². The average molecular weight is 444 g/mol. The van der Waals surface area contributed by atoms with Crippen LogP contribution in [-0.2, 0) is 18.7 Å². The largest absolute Gasteiger partial charge is 0.352 e. The Kier molecular flexibility index (Phi) is 8.19. The van der Waals surface area contributed by atoms with Crippen molar-refractivity contribution >= 4 is 28.2 Å². The Morgan fingerprint density at radius 2 is 1.48 bits per heavy atom. The van der Waals surface area contributed by atoms with Gasteiger partial charge in [-0.3, -0.25) is 4.58 Å². The van der Waals surface area contributed by atoms with Crippen LogP contribution in [0.1, 0.15) is 41.5 Å². The predicted molar refractivity (Wildman–Crippen MR) is 113 cm³/mol. The Bertz CT molecular complexity index is 497. The number of nitrogens with zero attached hydrogens (tertiary/aromatic N) is 1. The highest BCUT2D eigenvalue weighted by Crippen LogP contribution is 2.40. The van der Waals surface area contributed by atoms with Gasteiger partial charge >= 0.3 is 0 Å². The number of alkyl halides is 2. The van der Waals surface area contributed by atoms with Crippen LogP contribution in [0.15, 0.2) is 0 Å². The quantitative estimate of drug-likeness (QED) is 0.225. The summed E-state index contributed by atoms with van der Waals surface area (Å²) >= 11 is 6.04. The Morgan fingerprint density at radius 3 is 1.93 bits per heavy atom. The highest BCUT2D eigenvalue weighted by molar-refractivity contribution is 6.74. The highest BCUT2D eigenvalue weighted by Gasteiger charge is 2.50. The lowest BCUT2D eigenvalue weighted by Crippen LogP contribution is -2.53. The van der Waals surface area contributed by atoms with Gasteiger partial charge in [0.1, 0.15) is 12.7 Å². The van der Waals surface area contributed by atoms with Crippen LogP contribution in [0.25, 0.3) is 0 Å². The van der Waals surface area contributed by atoms with Gasteiger partial charge in [0.25, 0.3) is 0 Å². The first-order chi connectivity index (χ1) is 11.9. The molecule has 0 radical (unpaired) electrons. The summed E-state index contributed by atoms with van der Waals surface area (Å²) < 4.78 is 32.4. The third-order valence-electron chi connectivity index (χ3n) is 6.17. The molecule has 1 saturated heterocycles. The lowest BCUT2D eigenvalue weighted by Gasteiger charge is -2.41. The zero-order valence-electron chi connectivity index (χ0n) is 18.9. The van der Waals surface area contributed by atoms with E-state index in [-0.39, 0.29) is 16.7 Å². The van der Waals surface area contributed by atoms with Crippen LogP contribution in [0.5, 0.6) is 0 Å². The van der Waals surface area contributed by atoms with E-state index in [9.17, 15) is 4.39 Å². The lowest BCUT2D eigenvalue weighted by atomic mass is 10.1. The molecule has 0 aromatic carbocycles. The minimum Gasteiger partial charge on any atom is -0.352 e. The molecule has 0 aromatic rings. The van der Waals surface area contributed by atoms with E-state index in [0.29, 0.717) is 0 Å². The second-order valence-electron chi connectivity index (χ2n) is 10.5. The van der Waals surface area contributed by atoms with Crippen LogP contribution in [0.3, 0.4) is 0 Å². The van der Waals surface area contributed by atoms with Gasteiger partial charge in [0.05, 0.1) is 6.04 Å². The second kappa shape index (κ2) is 8.67. The normalized spacial score (nSPS) is 28.2. The van der Waals surface area contributed by atoms with Crippen molar-refractivity contribution in [1.29, 1.82) is 0 Å². The number of halogens is 2. The van der Waals surface area contributed by atoms with Crippen molar-refractivity contribution < 1.29 is 23.1 Å². The molecule has 0 aromatic heterocycles. The van der Waals surface area contributed by atoms with E-state index in [0.717, 1.165) is 0 Å². The molecular weight excluding hydrogens is 405 g/mol. The number of ether oxygens (including phenoxy) is 1. The molecule has 0 bridgehead atoms. The fourth-order valence-corrected chi connectivity index (χ4v) is 4.20. The Labute approximate surface area is 172 Å². The zero-order chi connectivity index (χ0) is 21.4. The van der Waals surface area contributed by atoms with Crippen LogP contribution in [0.4, 0.5) is 4.39 Å². The molecule has 162 valence electrons. The van der Waals surface area contributed by atoms with E-state index in [1.165, 1.54) is 0 Å². The van der Waals surface area contributed by atoms with Crippen LogP contribution >= 0.6 is 11.6 Å². The monoisotopic (exact) mass is 443 g/mol. The molecule has 0 amide bonds. The summed E-state index contributed by atoms with van der Waals surface area (Å²) in [6.07, 6.45) is -1.94. The molecule has 1 rings (SSSR count). The summed E-state index contributed by atoms with van der Waals surface area (Å²) in [7, 11) is -2.43. The topological polar surface area (TPSA) is 40.2 Å². The minimum absolute atomic E-state index is 0.00430. The summed E-state index contributed by atoms with van der Waals surface area (Å²) in [6.45, 7) is 21.3. The number of hydrogen-bond donors (Lipinski definition) is 0. The average Bonchev–Trinajstić information content (AvgIpc) is 2.70. The molecule has 1 fully saturated rings. The van der Waals surface area contributed by atoms with Crippen LogP contribution in [-0.4, -0.2) is 59.2 Å². The highest BCUT2D eigenvalue weighted by atomic mass is 35.5. The predicted octanol–water partition coefficient (Wildman–Crippen LogP) is 5.48. The van der Waals surface area contributed by atoms with Crippen molar-refractivity contribution in [2.45, 2.75) is 102 Å². The fourth-order valence-electron chi connectivity index (χ4n) is 2.19. The molecule has 27 heavy (non-hydrogen) atoms. The fraction of sp³-hybridized carbons (Fsp3) is 1.00. The molecule has 9 heteroatoms. The van der Waals surface area contributed by atoms with Gasteiger partial charge in [0.2, 0.25) is 16.6 Å².